The smallest absolute Gasteiger partial charge is 0.226 e. The number of nitrogens with two attached hydrogens (primary N) is 2. The summed E-state index contributed by atoms with van der Waals surface area (Å²) in [6.45, 7) is 3.26. The molecule has 0 amide bonds. The zero-order valence-electron chi connectivity index (χ0n) is 7.64. The first-order valence-electron chi connectivity index (χ1n) is 4.14. The molecule has 1 rings (SSSR count). The molecule has 0 atom stereocenters. The molecule has 13 heavy (non-hydrogen) atoms. The third kappa shape index (κ3) is 1.83. The van der Waals surface area contributed by atoms with Crippen molar-refractivity contribution < 1.29 is 5.11 Å². The zero-order valence-corrected chi connectivity index (χ0v) is 7.64. The average Bonchev–Trinajstić information content (AvgIpc) is 2.45. The molecule has 0 aromatic carbocycles. The van der Waals surface area contributed by atoms with Gasteiger partial charge in [-0.2, -0.15) is 0 Å². The Balaban J connectivity index is 2.84. The maximum absolute atomic E-state index is 8.78. The van der Waals surface area contributed by atoms with Gasteiger partial charge in [0, 0.05) is 13.1 Å². The summed E-state index contributed by atoms with van der Waals surface area (Å²) in [5.41, 5.74) is 5.52. The molecular formula is C7H15N5O. The molecule has 0 fully saturated rings. The predicted molar refractivity (Wildman–Crippen MR) is 51.8 cm³/mol. The van der Waals surface area contributed by atoms with Crippen LogP contribution in [0.3, 0.4) is 0 Å². The highest BCUT2D eigenvalue weighted by molar-refractivity contribution is 5.42. The normalized spacial score (nSPS) is 10.3. The van der Waals surface area contributed by atoms with Gasteiger partial charge in [0.2, 0.25) is 5.95 Å². The van der Waals surface area contributed by atoms with E-state index in [9.17, 15) is 0 Å². The fourth-order valence-electron chi connectivity index (χ4n) is 1.12. The third-order valence-corrected chi connectivity index (χ3v) is 1.84. The molecule has 0 saturated heterocycles. The van der Waals surface area contributed by atoms with Gasteiger partial charge in [-0.05, 0) is 6.92 Å². The van der Waals surface area contributed by atoms with Gasteiger partial charge in [-0.1, -0.05) is 0 Å². The van der Waals surface area contributed by atoms with Crippen LogP contribution < -0.4 is 16.5 Å². The van der Waals surface area contributed by atoms with Crippen molar-refractivity contribution in [2.45, 2.75) is 6.92 Å². The monoisotopic (exact) mass is 185 g/mol. The van der Waals surface area contributed by atoms with E-state index in [4.69, 9.17) is 16.7 Å². The standard InChI is InChI=1S/C7H15N5O/c1-2-11(3-4-13)7-10-5-6(8)12(7)9/h5,13H,2-4,8-9H2,1H3. The Labute approximate surface area is 76.7 Å². The minimum atomic E-state index is 0.0700. The second-order valence-electron chi connectivity index (χ2n) is 2.66. The first-order chi connectivity index (χ1) is 6.20. The number of imidazole rings is 1. The molecule has 0 aliphatic heterocycles. The average molecular weight is 185 g/mol. The van der Waals surface area contributed by atoms with Gasteiger partial charge in [0.15, 0.2) is 0 Å². The molecule has 5 N–H and O–H groups in total. The summed E-state index contributed by atoms with van der Waals surface area (Å²) >= 11 is 0. The molecule has 6 heteroatoms. The van der Waals surface area contributed by atoms with Crippen LogP contribution in [0.25, 0.3) is 0 Å². The van der Waals surface area contributed by atoms with E-state index in [1.54, 1.807) is 0 Å². The van der Waals surface area contributed by atoms with Crippen LogP contribution in [0.2, 0.25) is 0 Å². The molecule has 6 nitrogen and oxygen atoms in total. The zero-order chi connectivity index (χ0) is 9.84. The van der Waals surface area contributed by atoms with E-state index >= 15 is 0 Å². The summed E-state index contributed by atoms with van der Waals surface area (Å²) in [6.07, 6.45) is 1.50. The Bertz CT molecular complexity index is 272. The van der Waals surface area contributed by atoms with Gasteiger partial charge in [0.1, 0.15) is 5.82 Å². The van der Waals surface area contributed by atoms with E-state index in [1.165, 1.54) is 10.9 Å². The number of hydrogen-bond acceptors (Lipinski definition) is 5. The molecule has 0 aliphatic carbocycles. The third-order valence-electron chi connectivity index (χ3n) is 1.84. The minimum Gasteiger partial charge on any atom is -0.395 e. The van der Waals surface area contributed by atoms with Gasteiger partial charge in [-0.3, -0.25) is 0 Å². The summed E-state index contributed by atoms with van der Waals surface area (Å²) in [5.74, 6) is 6.60. The molecule has 0 aliphatic rings. The van der Waals surface area contributed by atoms with Crippen LogP contribution >= 0.6 is 0 Å². The second kappa shape index (κ2) is 3.99. The van der Waals surface area contributed by atoms with Crippen molar-refractivity contribution in [3.05, 3.63) is 6.20 Å². The van der Waals surface area contributed by atoms with Crippen LogP contribution in [0.1, 0.15) is 6.92 Å². The highest BCUT2D eigenvalue weighted by Crippen LogP contribution is 2.12. The molecule has 1 heterocycles. The predicted octanol–water partition coefficient (Wildman–Crippen LogP) is -1.00. The summed E-state index contributed by atoms with van der Waals surface area (Å²) < 4.78 is 1.30. The number of hydrogen-bond donors (Lipinski definition) is 3. The Morgan fingerprint density at radius 1 is 1.69 bits per heavy atom. The Hall–Kier alpha value is -1.43. The largest absolute Gasteiger partial charge is 0.395 e. The van der Waals surface area contributed by atoms with Crippen LogP contribution in [-0.2, 0) is 0 Å². The lowest BCUT2D eigenvalue weighted by Gasteiger charge is -2.20. The maximum atomic E-state index is 8.78. The molecule has 0 bridgehead atoms. The Morgan fingerprint density at radius 3 is 2.77 bits per heavy atom. The van der Waals surface area contributed by atoms with Gasteiger partial charge < -0.3 is 21.6 Å². The number of nitrogens with zero attached hydrogens (tertiary/aromatic N) is 3. The Morgan fingerprint density at radius 2 is 2.38 bits per heavy atom. The molecule has 0 spiro atoms. The van der Waals surface area contributed by atoms with Crippen molar-refractivity contribution in [2.24, 2.45) is 0 Å². The lowest BCUT2D eigenvalue weighted by molar-refractivity contribution is 0.301. The maximum Gasteiger partial charge on any atom is 0.226 e. The molecule has 74 valence electrons. The number of aromatic nitrogens is 2. The lowest BCUT2D eigenvalue weighted by Crippen LogP contribution is -2.31. The van der Waals surface area contributed by atoms with E-state index in [1.807, 2.05) is 11.8 Å². The van der Waals surface area contributed by atoms with Gasteiger partial charge in [-0.15, -0.1) is 0 Å². The van der Waals surface area contributed by atoms with Gasteiger partial charge >= 0.3 is 0 Å². The highest BCUT2D eigenvalue weighted by atomic mass is 16.3. The molecule has 1 aromatic rings. The van der Waals surface area contributed by atoms with Gasteiger partial charge in [0.25, 0.3) is 0 Å². The number of nitrogen functional groups attached to an aromatic ring is 2. The van der Waals surface area contributed by atoms with Gasteiger partial charge in [0.05, 0.1) is 12.8 Å². The van der Waals surface area contributed by atoms with E-state index < -0.39 is 0 Å². The molecule has 1 aromatic heterocycles. The van der Waals surface area contributed by atoms with Crippen molar-refractivity contribution in [1.82, 2.24) is 9.66 Å². The van der Waals surface area contributed by atoms with Crippen LogP contribution in [0.15, 0.2) is 6.20 Å². The summed E-state index contributed by atoms with van der Waals surface area (Å²) in [7, 11) is 0. The highest BCUT2D eigenvalue weighted by Gasteiger charge is 2.10. The van der Waals surface area contributed by atoms with Crippen LogP contribution in [-0.4, -0.2) is 34.5 Å². The topological polar surface area (TPSA) is 93.3 Å². The fourth-order valence-corrected chi connectivity index (χ4v) is 1.12. The van der Waals surface area contributed by atoms with Crippen molar-refractivity contribution in [1.29, 1.82) is 0 Å². The quantitative estimate of drug-likeness (QED) is 0.523. The molecular weight excluding hydrogens is 170 g/mol. The number of rotatable bonds is 4. The van der Waals surface area contributed by atoms with Crippen molar-refractivity contribution in [2.75, 3.05) is 36.2 Å². The number of likely N-dealkylation sites (N-methyl/N-ethyl adjacent to an activating group) is 1. The van der Waals surface area contributed by atoms with Crippen LogP contribution in [0.5, 0.6) is 0 Å². The van der Waals surface area contributed by atoms with E-state index in [0.717, 1.165) is 6.54 Å². The lowest BCUT2D eigenvalue weighted by atomic mass is 10.5. The van der Waals surface area contributed by atoms with Crippen LogP contribution in [0, 0.1) is 0 Å². The molecule has 0 saturated carbocycles. The molecule has 0 unspecified atom stereocenters. The van der Waals surface area contributed by atoms with Crippen molar-refractivity contribution >= 4 is 11.8 Å². The minimum absolute atomic E-state index is 0.0700. The number of anilines is 2. The summed E-state index contributed by atoms with van der Waals surface area (Å²) in [6, 6.07) is 0. The van der Waals surface area contributed by atoms with Crippen molar-refractivity contribution in [3.8, 4) is 0 Å². The summed E-state index contributed by atoms with van der Waals surface area (Å²) in [4.78, 5) is 5.88. The van der Waals surface area contributed by atoms with E-state index in [2.05, 4.69) is 4.98 Å². The summed E-state index contributed by atoms with van der Waals surface area (Å²) in [5, 5.41) is 8.78. The first-order valence-corrected chi connectivity index (χ1v) is 4.14. The SMILES string of the molecule is CCN(CCO)c1ncc(N)n1N. The Kier molecular flexibility index (Phi) is 2.97. The second-order valence-corrected chi connectivity index (χ2v) is 2.66. The van der Waals surface area contributed by atoms with Crippen molar-refractivity contribution in [3.63, 3.8) is 0 Å². The number of aliphatic hydroxyl groups excluding tert-OH is 1. The molecule has 0 radical (unpaired) electrons. The first kappa shape index (κ1) is 9.66. The van der Waals surface area contributed by atoms with E-state index in [-0.39, 0.29) is 6.61 Å². The van der Waals surface area contributed by atoms with Gasteiger partial charge in [-0.25, -0.2) is 9.66 Å². The van der Waals surface area contributed by atoms with Crippen LogP contribution in [0.4, 0.5) is 11.8 Å². The van der Waals surface area contributed by atoms with E-state index in [0.29, 0.717) is 18.3 Å². The number of aliphatic hydroxyl groups is 1. The fraction of sp³-hybridized carbons (Fsp3) is 0.571.